The number of aryl methyl sites for hydroxylation is 1. The molecule has 154 valence electrons. The van der Waals surface area contributed by atoms with Crippen LogP contribution in [0.3, 0.4) is 0 Å². The Morgan fingerprint density at radius 1 is 0.964 bits per heavy atom. The fraction of sp³-hybridized carbons (Fsp3) is 0.458. The van der Waals surface area contributed by atoms with Gasteiger partial charge in [-0.05, 0) is 73.9 Å². The van der Waals surface area contributed by atoms with Crippen LogP contribution in [-0.2, 0) is 21.1 Å². The molecule has 3 nitrogen and oxygen atoms in total. The molecule has 0 spiro atoms. The summed E-state index contributed by atoms with van der Waals surface area (Å²) in [5, 5.41) is 0. The third kappa shape index (κ3) is 6.03. The summed E-state index contributed by atoms with van der Waals surface area (Å²) in [6, 6.07) is 14.0. The van der Waals surface area contributed by atoms with E-state index in [1.54, 1.807) is 37.3 Å². The summed E-state index contributed by atoms with van der Waals surface area (Å²) in [7, 11) is -3.47. The normalized spacial score (nSPS) is 15.2. The minimum absolute atomic E-state index is 0.213. The maximum atomic E-state index is 12.8. The van der Waals surface area contributed by atoms with Crippen molar-refractivity contribution in [2.45, 2.75) is 82.4 Å². The lowest BCUT2D eigenvalue weighted by Crippen LogP contribution is -2.12. The Morgan fingerprint density at radius 2 is 1.61 bits per heavy atom. The molecule has 1 aliphatic carbocycles. The van der Waals surface area contributed by atoms with Gasteiger partial charge in [0.1, 0.15) is 5.78 Å². The lowest BCUT2D eigenvalue weighted by Gasteiger charge is -2.26. The lowest BCUT2D eigenvalue weighted by molar-refractivity contribution is -0.117. The van der Waals surface area contributed by atoms with Crippen molar-refractivity contribution in [3.05, 3.63) is 59.7 Å². The standard InChI is InChI=1S/C20H22O3S.2C2H6/c1-15(21)10-11-16-6-5-7-17-14-19(12-13-20(16)17)24(22,23)18-8-3-2-4-9-18;2*1-2/h2-4,8-9,12-14,16H,5-7,10-11H2,1H3;2*1-2H3/t16-;;/m0../s1. The van der Waals surface area contributed by atoms with E-state index in [1.807, 2.05) is 45.9 Å². The van der Waals surface area contributed by atoms with Gasteiger partial charge >= 0.3 is 0 Å². The summed E-state index contributed by atoms with van der Waals surface area (Å²) in [6.07, 6.45) is 4.47. The SMILES string of the molecule is CC.CC.CC(=O)CC[C@@H]1CCCc2cc(S(=O)(=O)c3ccccc3)ccc21. The van der Waals surface area contributed by atoms with Crippen LogP contribution in [0.2, 0.25) is 0 Å². The molecule has 0 fully saturated rings. The molecule has 0 radical (unpaired) electrons. The highest BCUT2D eigenvalue weighted by molar-refractivity contribution is 7.91. The number of carbonyl (C=O) groups is 1. The Kier molecular flexibility index (Phi) is 10.2. The fourth-order valence-corrected chi connectivity index (χ4v) is 4.80. The van der Waals surface area contributed by atoms with Crippen LogP contribution in [0.5, 0.6) is 0 Å². The van der Waals surface area contributed by atoms with Crippen LogP contribution in [0.25, 0.3) is 0 Å². The molecule has 0 aliphatic heterocycles. The van der Waals surface area contributed by atoms with Gasteiger partial charge in [-0.15, -0.1) is 0 Å². The highest BCUT2D eigenvalue weighted by Crippen LogP contribution is 2.36. The number of benzene rings is 2. The molecule has 0 aromatic heterocycles. The van der Waals surface area contributed by atoms with Gasteiger partial charge in [0.15, 0.2) is 0 Å². The van der Waals surface area contributed by atoms with Crippen LogP contribution >= 0.6 is 0 Å². The van der Waals surface area contributed by atoms with Crippen molar-refractivity contribution in [3.8, 4) is 0 Å². The fourth-order valence-electron chi connectivity index (χ4n) is 3.47. The third-order valence-corrected chi connectivity index (χ3v) is 6.53. The molecule has 2 aromatic rings. The van der Waals surface area contributed by atoms with Gasteiger partial charge in [-0.2, -0.15) is 0 Å². The van der Waals surface area contributed by atoms with Gasteiger partial charge in [-0.3, -0.25) is 0 Å². The van der Waals surface area contributed by atoms with Crippen molar-refractivity contribution in [3.63, 3.8) is 0 Å². The third-order valence-electron chi connectivity index (χ3n) is 4.76. The molecule has 28 heavy (non-hydrogen) atoms. The van der Waals surface area contributed by atoms with E-state index in [0.717, 1.165) is 31.2 Å². The highest BCUT2D eigenvalue weighted by Gasteiger charge is 2.24. The second-order valence-corrected chi connectivity index (χ2v) is 8.46. The zero-order valence-electron chi connectivity index (χ0n) is 17.9. The van der Waals surface area contributed by atoms with Crippen molar-refractivity contribution < 1.29 is 13.2 Å². The number of sulfone groups is 1. The van der Waals surface area contributed by atoms with E-state index < -0.39 is 9.84 Å². The summed E-state index contributed by atoms with van der Waals surface area (Å²) in [5.41, 5.74) is 2.33. The Morgan fingerprint density at radius 3 is 2.21 bits per heavy atom. The molecule has 0 unspecified atom stereocenters. The van der Waals surface area contributed by atoms with Crippen LogP contribution in [0, 0.1) is 0 Å². The van der Waals surface area contributed by atoms with E-state index in [0.29, 0.717) is 22.1 Å². The van der Waals surface area contributed by atoms with Gasteiger partial charge < -0.3 is 4.79 Å². The smallest absolute Gasteiger partial charge is 0.206 e. The minimum atomic E-state index is -3.47. The van der Waals surface area contributed by atoms with Crippen molar-refractivity contribution >= 4 is 15.6 Å². The van der Waals surface area contributed by atoms with Gasteiger partial charge in [0.05, 0.1) is 9.79 Å². The minimum Gasteiger partial charge on any atom is -0.300 e. The van der Waals surface area contributed by atoms with Crippen molar-refractivity contribution in [2.24, 2.45) is 0 Å². The summed E-state index contributed by atoms with van der Waals surface area (Å²) in [4.78, 5) is 12.0. The molecule has 0 heterocycles. The number of carbonyl (C=O) groups excluding carboxylic acids is 1. The van der Waals surface area contributed by atoms with E-state index >= 15 is 0 Å². The van der Waals surface area contributed by atoms with Crippen LogP contribution in [0.4, 0.5) is 0 Å². The van der Waals surface area contributed by atoms with Crippen LogP contribution in [-0.4, -0.2) is 14.2 Å². The molecular formula is C24H34O3S. The largest absolute Gasteiger partial charge is 0.300 e. The molecule has 3 rings (SSSR count). The number of hydrogen-bond acceptors (Lipinski definition) is 3. The second-order valence-electron chi connectivity index (χ2n) is 6.51. The number of Topliss-reactive ketones (excluding diaryl/α,β-unsaturated/α-hetero) is 1. The molecule has 0 saturated heterocycles. The van der Waals surface area contributed by atoms with Crippen LogP contribution in [0.15, 0.2) is 58.3 Å². The summed E-state index contributed by atoms with van der Waals surface area (Å²) < 4.78 is 25.5. The van der Waals surface area contributed by atoms with Gasteiger partial charge in [0.25, 0.3) is 0 Å². The topological polar surface area (TPSA) is 51.2 Å². The molecule has 0 saturated carbocycles. The van der Waals surface area contributed by atoms with E-state index in [9.17, 15) is 13.2 Å². The molecule has 2 aromatic carbocycles. The number of ketones is 1. The maximum absolute atomic E-state index is 12.8. The van der Waals surface area contributed by atoms with E-state index in [2.05, 4.69) is 0 Å². The molecule has 0 amide bonds. The second kappa shape index (κ2) is 11.8. The molecule has 4 heteroatoms. The lowest BCUT2D eigenvalue weighted by atomic mass is 9.80. The molecule has 0 N–H and O–H groups in total. The van der Waals surface area contributed by atoms with E-state index in [1.165, 1.54) is 5.56 Å². The van der Waals surface area contributed by atoms with Crippen molar-refractivity contribution in [1.82, 2.24) is 0 Å². The zero-order chi connectivity index (χ0) is 21.2. The number of rotatable bonds is 5. The highest BCUT2D eigenvalue weighted by atomic mass is 32.2. The van der Waals surface area contributed by atoms with Crippen LogP contribution < -0.4 is 0 Å². The van der Waals surface area contributed by atoms with E-state index in [4.69, 9.17) is 0 Å². The Balaban J connectivity index is 0.000000921. The first-order valence-corrected chi connectivity index (χ1v) is 11.9. The maximum Gasteiger partial charge on any atom is 0.206 e. The predicted octanol–water partition coefficient (Wildman–Crippen LogP) is 6.36. The first-order chi connectivity index (χ1) is 13.5. The average Bonchev–Trinajstić information content (AvgIpc) is 2.75. The summed E-state index contributed by atoms with van der Waals surface area (Å²) in [6.45, 7) is 9.62. The van der Waals surface area contributed by atoms with Crippen molar-refractivity contribution in [1.29, 1.82) is 0 Å². The summed E-state index contributed by atoms with van der Waals surface area (Å²) >= 11 is 0. The Hall–Kier alpha value is -1.94. The molecule has 1 atom stereocenters. The monoisotopic (exact) mass is 402 g/mol. The van der Waals surface area contributed by atoms with E-state index in [-0.39, 0.29) is 5.78 Å². The first kappa shape index (κ1) is 24.1. The average molecular weight is 403 g/mol. The quantitative estimate of drug-likeness (QED) is 0.584. The molecule has 1 aliphatic rings. The Bertz CT molecular complexity index is 839. The van der Waals surface area contributed by atoms with Gasteiger partial charge in [-0.1, -0.05) is 52.0 Å². The van der Waals surface area contributed by atoms with Crippen LogP contribution in [0.1, 0.15) is 77.3 Å². The first-order valence-electron chi connectivity index (χ1n) is 10.4. The Labute approximate surface area is 171 Å². The zero-order valence-corrected chi connectivity index (χ0v) is 18.7. The van der Waals surface area contributed by atoms with Crippen molar-refractivity contribution in [2.75, 3.05) is 0 Å². The number of hydrogen-bond donors (Lipinski definition) is 0. The summed E-state index contributed by atoms with van der Waals surface area (Å²) in [5.74, 6) is 0.580. The molecular weight excluding hydrogens is 368 g/mol. The van der Waals surface area contributed by atoms with Gasteiger partial charge in [0.2, 0.25) is 9.84 Å². The molecule has 0 bridgehead atoms. The predicted molar refractivity (Wildman–Crippen MR) is 117 cm³/mol. The van der Waals surface area contributed by atoms with Gasteiger partial charge in [0, 0.05) is 6.42 Å². The van der Waals surface area contributed by atoms with Gasteiger partial charge in [-0.25, -0.2) is 8.42 Å². The number of fused-ring (bicyclic) bond motifs is 1.